The fraction of sp³-hybridized carbons (Fsp3) is 0.579. The van der Waals surface area contributed by atoms with E-state index in [9.17, 15) is 22.8 Å². The third-order valence-electron chi connectivity index (χ3n) is 5.39. The summed E-state index contributed by atoms with van der Waals surface area (Å²) in [4.78, 5) is 26.3. The number of alkyl halides is 3. The number of ether oxygens (including phenoxy) is 1. The summed E-state index contributed by atoms with van der Waals surface area (Å²) in [5, 5.41) is 2.57. The molecule has 1 saturated carbocycles. The van der Waals surface area contributed by atoms with Gasteiger partial charge in [-0.25, -0.2) is 0 Å². The second-order valence-electron chi connectivity index (χ2n) is 7.15. The third kappa shape index (κ3) is 4.36. The predicted molar refractivity (Wildman–Crippen MR) is 93.4 cm³/mol. The lowest BCUT2D eigenvalue weighted by Gasteiger charge is -2.34. The summed E-state index contributed by atoms with van der Waals surface area (Å²) >= 11 is 0. The minimum Gasteiger partial charge on any atom is -0.497 e. The van der Waals surface area contributed by atoms with E-state index in [1.807, 2.05) is 0 Å². The van der Waals surface area contributed by atoms with Crippen LogP contribution in [0.3, 0.4) is 0 Å². The lowest BCUT2D eigenvalue weighted by molar-refractivity contribution is -0.189. The first kappa shape index (κ1) is 19.5. The maximum absolute atomic E-state index is 13.2. The summed E-state index contributed by atoms with van der Waals surface area (Å²) in [6.45, 7) is 0.167. The fourth-order valence-electron chi connectivity index (χ4n) is 3.89. The van der Waals surface area contributed by atoms with Gasteiger partial charge >= 0.3 is 6.18 Å². The highest BCUT2D eigenvalue weighted by Crippen LogP contribution is 2.38. The largest absolute Gasteiger partial charge is 0.497 e. The second kappa shape index (κ2) is 7.78. The van der Waals surface area contributed by atoms with Crippen LogP contribution in [0.1, 0.15) is 32.1 Å². The molecule has 148 valence electrons. The maximum atomic E-state index is 13.2. The van der Waals surface area contributed by atoms with Crippen LogP contribution in [0.2, 0.25) is 0 Å². The molecular weight excluding hydrogens is 361 g/mol. The summed E-state index contributed by atoms with van der Waals surface area (Å²) in [6, 6.07) is 5.96. The highest BCUT2D eigenvalue weighted by molar-refractivity contribution is 6.00. The quantitative estimate of drug-likeness (QED) is 0.867. The van der Waals surface area contributed by atoms with Gasteiger partial charge in [-0.1, -0.05) is 12.8 Å². The summed E-state index contributed by atoms with van der Waals surface area (Å²) in [5.41, 5.74) is 0.641. The van der Waals surface area contributed by atoms with Crippen molar-refractivity contribution in [2.24, 2.45) is 11.8 Å². The molecule has 3 atom stereocenters. The van der Waals surface area contributed by atoms with Crippen LogP contribution in [0.5, 0.6) is 5.75 Å². The van der Waals surface area contributed by atoms with Crippen LogP contribution in [0.25, 0.3) is 0 Å². The number of halogens is 3. The number of hydrogen-bond acceptors (Lipinski definition) is 3. The molecule has 2 aliphatic rings. The van der Waals surface area contributed by atoms with Crippen molar-refractivity contribution in [3.63, 3.8) is 0 Å². The van der Waals surface area contributed by atoms with Crippen LogP contribution < -0.4 is 15.0 Å². The molecule has 0 radical (unpaired) electrons. The van der Waals surface area contributed by atoms with E-state index in [0.717, 1.165) is 0 Å². The van der Waals surface area contributed by atoms with Crippen molar-refractivity contribution in [3.05, 3.63) is 24.3 Å². The molecule has 1 aromatic carbocycles. The topological polar surface area (TPSA) is 58.6 Å². The summed E-state index contributed by atoms with van der Waals surface area (Å²) in [6.07, 6.45) is -2.78. The average Bonchev–Trinajstić information content (AvgIpc) is 3.03. The first-order chi connectivity index (χ1) is 12.8. The van der Waals surface area contributed by atoms with Crippen molar-refractivity contribution in [2.45, 2.75) is 44.3 Å². The van der Waals surface area contributed by atoms with Crippen LogP contribution >= 0.6 is 0 Å². The molecule has 0 spiro atoms. The molecular formula is C19H23F3N2O3. The summed E-state index contributed by atoms with van der Waals surface area (Å²) in [5.74, 6) is -2.19. The second-order valence-corrected chi connectivity index (χ2v) is 7.15. The zero-order chi connectivity index (χ0) is 19.6. The fourth-order valence-corrected chi connectivity index (χ4v) is 3.89. The Hall–Kier alpha value is -2.25. The van der Waals surface area contributed by atoms with E-state index in [0.29, 0.717) is 30.7 Å². The van der Waals surface area contributed by atoms with E-state index in [1.165, 1.54) is 12.0 Å². The van der Waals surface area contributed by atoms with Gasteiger partial charge in [0.1, 0.15) is 5.75 Å². The van der Waals surface area contributed by atoms with Gasteiger partial charge in [-0.05, 0) is 37.1 Å². The number of benzene rings is 1. The van der Waals surface area contributed by atoms with Crippen molar-refractivity contribution in [1.29, 1.82) is 0 Å². The van der Waals surface area contributed by atoms with Gasteiger partial charge in [0.05, 0.1) is 18.9 Å². The average molecular weight is 384 g/mol. The number of nitrogens with zero attached hydrogens (tertiary/aromatic N) is 1. The first-order valence-corrected chi connectivity index (χ1v) is 9.11. The Labute approximate surface area is 155 Å². The Morgan fingerprint density at radius 3 is 2.48 bits per heavy atom. The molecule has 1 saturated heterocycles. The van der Waals surface area contributed by atoms with Gasteiger partial charge in [0, 0.05) is 24.7 Å². The number of hydrogen-bond donors (Lipinski definition) is 1. The van der Waals surface area contributed by atoms with E-state index in [4.69, 9.17) is 4.74 Å². The van der Waals surface area contributed by atoms with Gasteiger partial charge in [-0.15, -0.1) is 0 Å². The van der Waals surface area contributed by atoms with Crippen LogP contribution in [-0.4, -0.2) is 37.7 Å². The first-order valence-electron chi connectivity index (χ1n) is 9.11. The molecule has 3 rings (SSSR count). The van der Waals surface area contributed by atoms with Crippen molar-refractivity contribution in [1.82, 2.24) is 5.32 Å². The molecule has 0 bridgehead atoms. The molecule has 27 heavy (non-hydrogen) atoms. The minimum atomic E-state index is -4.32. The Morgan fingerprint density at radius 2 is 1.85 bits per heavy atom. The standard InChI is InChI=1S/C19H23F3N2O3/c1-27-14-8-6-13(7-9-14)24-11-12(10-17(24)25)18(26)23-16-5-3-2-4-15(16)19(20,21)22/h6-9,12,15-16H,2-5,10-11H2,1H3,(H,23,26)/t12-,15-,16+/m1/s1. The number of rotatable bonds is 4. The van der Waals surface area contributed by atoms with E-state index >= 15 is 0 Å². The molecule has 1 heterocycles. The molecule has 1 aliphatic carbocycles. The van der Waals surface area contributed by atoms with Crippen LogP contribution in [0.15, 0.2) is 24.3 Å². The lowest BCUT2D eigenvalue weighted by atomic mass is 9.83. The Balaban J connectivity index is 1.64. The minimum absolute atomic E-state index is 0.00126. The summed E-state index contributed by atoms with van der Waals surface area (Å²) < 4.78 is 44.7. The molecule has 0 unspecified atom stereocenters. The van der Waals surface area contributed by atoms with Crippen LogP contribution in [0.4, 0.5) is 18.9 Å². The smallest absolute Gasteiger partial charge is 0.393 e. The van der Waals surface area contributed by atoms with Crippen molar-refractivity contribution < 1.29 is 27.5 Å². The van der Waals surface area contributed by atoms with E-state index in [2.05, 4.69) is 5.32 Å². The van der Waals surface area contributed by atoms with Crippen LogP contribution in [-0.2, 0) is 9.59 Å². The van der Waals surface area contributed by atoms with Gasteiger partial charge in [0.15, 0.2) is 0 Å². The van der Waals surface area contributed by atoms with Crippen molar-refractivity contribution in [2.75, 3.05) is 18.6 Å². The van der Waals surface area contributed by atoms with Gasteiger partial charge in [0.25, 0.3) is 0 Å². The third-order valence-corrected chi connectivity index (χ3v) is 5.39. The molecule has 5 nitrogen and oxygen atoms in total. The summed E-state index contributed by atoms with van der Waals surface area (Å²) in [7, 11) is 1.54. The van der Waals surface area contributed by atoms with Gasteiger partial charge in [-0.3, -0.25) is 9.59 Å². The SMILES string of the molecule is COc1ccc(N2C[C@H](C(=O)N[C@H]3CCCC[C@H]3C(F)(F)F)CC2=O)cc1. The Kier molecular flexibility index (Phi) is 5.62. The number of amides is 2. The predicted octanol–water partition coefficient (Wildman–Crippen LogP) is 3.29. The van der Waals surface area contributed by atoms with Crippen molar-refractivity contribution in [3.8, 4) is 5.75 Å². The van der Waals surface area contributed by atoms with Crippen LogP contribution in [0, 0.1) is 11.8 Å². The monoisotopic (exact) mass is 384 g/mol. The Morgan fingerprint density at radius 1 is 1.19 bits per heavy atom. The Bertz CT molecular complexity index is 690. The number of nitrogens with one attached hydrogen (secondary N) is 1. The normalized spacial score (nSPS) is 26.1. The molecule has 1 aromatic rings. The lowest BCUT2D eigenvalue weighted by Crippen LogP contribution is -2.49. The molecule has 1 aliphatic heterocycles. The molecule has 0 aromatic heterocycles. The highest BCUT2D eigenvalue weighted by atomic mass is 19.4. The number of carbonyl (C=O) groups is 2. The molecule has 2 amide bonds. The molecule has 8 heteroatoms. The van der Waals surface area contributed by atoms with Gasteiger partial charge in [0.2, 0.25) is 11.8 Å². The molecule has 2 fully saturated rings. The number of methoxy groups -OCH3 is 1. The number of carbonyl (C=O) groups excluding carboxylic acids is 2. The number of anilines is 1. The molecule has 1 N–H and O–H groups in total. The van der Waals surface area contributed by atoms with E-state index < -0.39 is 30.0 Å². The van der Waals surface area contributed by atoms with Gasteiger partial charge in [-0.2, -0.15) is 13.2 Å². The van der Waals surface area contributed by atoms with E-state index in [-0.39, 0.29) is 25.3 Å². The maximum Gasteiger partial charge on any atom is 0.393 e. The van der Waals surface area contributed by atoms with Crippen molar-refractivity contribution >= 4 is 17.5 Å². The van der Waals surface area contributed by atoms with E-state index in [1.54, 1.807) is 24.3 Å². The zero-order valence-corrected chi connectivity index (χ0v) is 15.1. The zero-order valence-electron chi connectivity index (χ0n) is 15.1. The highest BCUT2D eigenvalue weighted by Gasteiger charge is 2.47. The van der Waals surface area contributed by atoms with Gasteiger partial charge < -0.3 is 15.0 Å².